The highest BCUT2D eigenvalue weighted by Crippen LogP contribution is 2.43. The maximum absolute atomic E-state index is 6.47. The predicted molar refractivity (Wildman–Crippen MR) is 78.2 cm³/mol. The van der Waals surface area contributed by atoms with Crippen LogP contribution >= 0.6 is 0 Å². The summed E-state index contributed by atoms with van der Waals surface area (Å²) < 4.78 is 6.47. The molecule has 3 unspecified atom stereocenters. The lowest BCUT2D eigenvalue weighted by molar-refractivity contribution is -0.0599. The molecular formula is C16H30N2O. The van der Waals surface area contributed by atoms with E-state index in [0.29, 0.717) is 18.2 Å². The van der Waals surface area contributed by atoms with Crippen molar-refractivity contribution in [2.75, 3.05) is 13.1 Å². The summed E-state index contributed by atoms with van der Waals surface area (Å²) in [5, 5.41) is 0. The molecule has 1 saturated carbocycles. The van der Waals surface area contributed by atoms with Crippen LogP contribution in [0.25, 0.3) is 0 Å². The van der Waals surface area contributed by atoms with Gasteiger partial charge < -0.3 is 10.5 Å². The minimum atomic E-state index is 0.280. The van der Waals surface area contributed by atoms with E-state index in [2.05, 4.69) is 11.8 Å². The Labute approximate surface area is 117 Å². The molecule has 2 N–H and O–H groups in total. The molecule has 2 saturated heterocycles. The monoisotopic (exact) mass is 266 g/mol. The van der Waals surface area contributed by atoms with Gasteiger partial charge in [0.2, 0.25) is 0 Å². The summed E-state index contributed by atoms with van der Waals surface area (Å²) >= 11 is 0. The molecular weight excluding hydrogens is 236 g/mol. The van der Waals surface area contributed by atoms with Crippen LogP contribution in [0.2, 0.25) is 0 Å². The smallest absolute Gasteiger partial charge is 0.0710 e. The van der Waals surface area contributed by atoms with Crippen LogP contribution in [0.3, 0.4) is 0 Å². The van der Waals surface area contributed by atoms with Crippen molar-refractivity contribution >= 4 is 0 Å². The summed E-state index contributed by atoms with van der Waals surface area (Å²) in [6.45, 7) is 4.29. The normalized spacial score (nSPS) is 39.2. The Morgan fingerprint density at radius 3 is 2.63 bits per heavy atom. The van der Waals surface area contributed by atoms with Gasteiger partial charge in [-0.25, -0.2) is 0 Å². The van der Waals surface area contributed by atoms with Crippen LogP contribution in [0.4, 0.5) is 0 Å². The highest BCUT2D eigenvalue weighted by molar-refractivity contribution is 4.95. The van der Waals surface area contributed by atoms with E-state index in [4.69, 9.17) is 10.5 Å². The first-order chi connectivity index (χ1) is 9.22. The maximum atomic E-state index is 6.47. The summed E-state index contributed by atoms with van der Waals surface area (Å²) in [5.41, 5.74) is 6.24. The number of piperidine rings is 1. The van der Waals surface area contributed by atoms with Gasteiger partial charge in [-0.2, -0.15) is 0 Å². The Bertz CT molecular complexity index is 301. The van der Waals surface area contributed by atoms with Crippen molar-refractivity contribution in [2.24, 2.45) is 5.73 Å². The fourth-order valence-corrected chi connectivity index (χ4v) is 4.57. The minimum absolute atomic E-state index is 0.280. The first-order valence-electron chi connectivity index (χ1n) is 8.36. The van der Waals surface area contributed by atoms with Crippen molar-refractivity contribution in [3.63, 3.8) is 0 Å². The second-order valence-corrected chi connectivity index (χ2v) is 7.03. The Hall–Kier alpha value is -0.120. The highest BCUT2D eigenvalue weighted by Gasteiger charge is 2.43. The lowest BCUT2D eigenvalue weighted by Crippen LogP contribution is -2.51. The van der Waals surface area contributed by atoms with Crippen molar-refractivity contribution in [1.82, 2.24) is 4.90 Å². The molecule has 1 aliphatic carbocycles. The standard InChI is InChI=1S/C16H30N2O/c1-13-5-4-6-14(11-17)18(13)12-15-7-10-16(19-15)8-2-3-9-16/h13-15H,2-12,17H2,1H3. The maximum Gasteiger partial charge on any atom is 0.0710 e. The number of hydrogen-bond donors (Lipinski definition) is 1. The number of nitrogens with two attached hydrogens (primary N) is 1. The van der Waals surface area contributed by atoms with Crippen molar-refractivity contribution < 1.29 is 4.74 Å². The van der Waals surface area contributed by atoms with Crippen molar-refractivity contribution in [3.8, 4) is 0 Å². The van der Waals surface area contributed by atoms with Gasteiger partial charge in [-0.1, -0.05) is 19.3 Å². The molecule has 19 heavy (non-hydrogen) atoms. The van der Waals surface area contributed by atoms with Crippen LogP contribution in [0.15, 0.2) is 0 Å². The van der Waals surface area contributed by atoms with Crippen LogP contribution in [0.1, 0.15) is 64.7 Å². The van der Waals surface area contributed by atoms with E-state index in [-0.39, 0.29) is 5.60 Å². The Morgan fingerprint density at radius 2 is 1.89 bits per heavy atom. The van der Waals surface area contributed by atoms with Crippen molar-refractivity contribution in [3.05, 3.63) is 0 Å². The summed E-state index contributed by atoms with van der Waals surface area (Å²) in [5.74, 6) is 0. The van der Waals surface area contributed by atoms with Gasteiger partial charge in [0.25, 0.3) is 0 Å². The van der Waals surface area contributed by atoms with Crippen molar-refractivity contribution in [1.29, 1.82) is 0 Å². The zero-order chi connectivity index (χ0) is 13.3. The molecule has 0 radical (unpaired) electrons. The van der Waals surface area contributed by atoms with E-state index in [1.807, 2.05) is 0 Å². The molecule has 3 nitrogen and oxygen atoms in total. The third-order valence-electron chi connectivity index (χ3n) is 5.73. The Kier molecular flexibility index (Phi) is 4.16. The number of ether oxygens (including phenoxy) is 1. The molecule has 2 aliphatic heterocycles. The van der Waals surface area contributed by atoms with Crippen LogP contribution < -0.4 is 5.73 Å². The predicted octanol–water partition coefficient (Wildman–Crippen LogP) is 2.68. The van der Waals surface area contributed by atoms with Crippen LogP contribution in [-0.2, 0) is 4.74 Å². The number of hydrogen-bond acceptors (Lipinski definition) is 3. The molecule has 1 spiro atoms. The van der Waals surface area contributed by atoms with Crippen LogP contribution in [0.5, 0.6) is 0 Å². The third kappa shape index (κ3) is 2.84. The average Bonchev–Trinajstić information content (AvgIpc) is 3.03. The molecule has 3 fully saturated rings. The second-order valence-electron chi connectivity index (χ2n) is 7.03. The summed E-state index contributed by atoms with van der Waals surface area (Å²) in [4.78, 5) is 2.64. The molecule has 3 atom stereocenters. The van der Waals surface area contributed by atoms with Gasteiger partial charge in [0.15, 0.2) is 0 Å². The minimum Gasteiger partial charge on any atom is -0.370 e. The van der Waals surface area contributed by atoms with E-state index in [9.17, 15) is 0 Å². The zero-order valence-corrected chi connectivity index (χ0v) is 12.4. The molecule has 3 aliphatic rings. The van der Waals surface area contributed by atoms with E-state index in [0.717, 1.165) is 13.1 Å². The van der Waals surface area contributed by atoms with Gasteiger partial charge >= 0.3 is 0 Å². The molecule has 2 heterocycles. The van der Waals surface area contributed by atoms with Gasteiger partial charge in [-0.3, -0.25) is 4.90 Å². The fraction of sp³-hybridized carbons (Fsp3) is 1.00. The summed E-state index contributed by atoms with van der Waals surface area (Å²) in [7, 11) is 0. The quantitative estimate of drug-likeness (QED) is 0.853. The molecule has 3 heteroatoms. The Balaban J connectivity index is 1.58. The molecule has 0 aromatic rings. The van der Waals surface area contributed by atoms with Gasteiger partial charge in [0, 0.05) is 25.2 Å². The second kappa shape index (κ2) is 5.71. The third-order valence-corrected chi connectivity index (χ3v) is 5.73. The van der Waals surface area contributed by atoms with Crippen LogP contribution in [-0.4, -0.2) is 41.8 Å². The van der Waals surface area contributed by atoms with E-state index >= 15 is 0 Å². The lowest BCUT2D eigenvalue weighted by atomic mass is 9.95. The number of likely N-dealkylation sites (tertiary alicyclic amines) is 1. The fourth-order valence-electron chi connectivity index (χ4n) is 4.57. The van der Waals surface area contributed by atoms with Gasteiger partial charge in [-0.15, -0.1) is 0 Å². The van der Waals surface area contributed by atoms with Gasteiger partial charge in [0.05, 0.1) is 11.7 Å². The van der Waals surface area contributed by atoms with Crippen LogP contribution in [0, 0.1) is 0 Å². The lowest BCUT2D eigenvalue weighted by Gasteiger charge is -2.41. The van der Waals surface area contributed by atoms with Crippen molar-refractivity contribution in [2.45, 2.75) is 88.5 Å². The average molecular weight is 266 g/mol. The van der Waals surface area contributed by atoms with Gasteiger partial charge in [0.1, 0.15) is 0 Å². The summed E-state index contributed by atoms with van der Waals surface area (Å²) in [6, 6.07) is 1.28. The van der Waals surface area contributed by atoms with E-state index in [1.165, 1.54) is 57.8 Å². The summed E-state index contributed by atoms with van der Waals surface area (Å²) in [6.07, 6.45) is 12.3. The molecule has 0 amide bonds. The molecule has 0 aromatic carbocycles. The topological polar surface area (TPSA) is 38.5 Å². The molecule has 3 rings (SSSR count). The van der Waals surface area contributed by atoms with E-state index < -0.39 is 0 Å². The highest BCUT2D eigenvalue weighted by atomic mass is 16.5. The van der Waals surface area contributed by atoms with E-state index in [1.54, 1.807) is 0 Å². The molecule has 0 bridgehead atoms. The van der Waals surface area contributed by atoms with Gasteiger partial charge in [-0.05, 0) is 45.4 Å². The number of rotatable bonds is 3. The molecule has 0 aromatic heterocycles. The zero-order valence-electron chi connectivity index (χ0n) is 12.4. The Morgan fingerprint density at radius 1 is 1.11 bits per heavy atom. The largest absolute Gasteiger partial charge is 0.370 e. The molecule has 110 valence electrons. The SMILES string of the molecule is CC1CCCC(CN)N1CC1CCC2(CCCC2)O1. The first-order valence-corrected chi connectivity index (χ1v) is 8.36. The number of nitrogens with zero attached hydrogens (tertiary/aromatic N) is 1. The first kappa shape index (κ1) is 13.8.